The average Bonchev–Trinajstić information content (AvgIpc) is 2.40. The smallest absolute Gasteiger partial charge is 0.159 e. The van der Waals surface area contributed by atoms with Gasteiger partial charge in [0.1, 0.15) is 0 Å². The van der Waals surface area contributed by atoms with E-state index in [0.717, 1.165) is 0 Å². The Morgan fingerprint density at radius 1 is 1.80 bits per heavy atom. The summed E-state index contributed by atoms with van der Waals surface area (Å²) in [6.07, 6.45) is 1.87. The fourth-order valence-corrected chi connectivity index (χ4v) is 0.682. The Balaban J connectivity index is 2.47. The number of alkyl halides is 1. The molecule has 0 bridgehead atoms. The van der Waals surface area contributed by atoms with E-state index in [9.17, 15) is 9.18 Å². The first-order valence-corrected chi connectivity index (χ1v) is 2.93. The van der Waals surface area contributed by atoms with Gasteiger partial charge < -0.3 is 9.21 Å². The fourth-order valence-electron chi connectivity index (χ4n) is 0.682. The van der Waals surface area contributed by atoms with Crippen LogP contribution in [0.5, 0.6) is 0 Å². The van der Waals surface area contributed by atoms with Crippen LogP contribution in [0.15, 0.2) is 23.0 Å². The van der Waals surface area contributed by atoms with Crippen LogP contribution in [0.1, 0.15) is 5.56 Å². The van der Waals surface area contributed by atoms with E-state index in [1.165, 1.54) is 12.5 Å². The lowest BCUT2D eigenvalue weighted by molar-refractivity contribution is -0.111. The fraction of sp³-hybridized carbons (Fsp3) is 0.286. The van der Waals surface area contributed by atoms with E-state index in [1.54, 1.807) is 6.07 Å². The highest BCUT2D eigenvalue weighted by atomic mass is 19.1. The van der Waals surface area contributed by atoms with E-state index in [2.05, 4.69) is 4.42 Å². The van der Waals surface area contributed by atoms with E-state index >= 15 is 0 Å². The molecule has 0 aromatic carbocycles. The van der Waals surface area contributed by atoms with Gasteiger partial charge in [0, 0.05) is 6.42 Å². The van der Waals surface area contributed by atoms with Crippen LogP contribution >= 0.6 is 0 Å². The van der Waals surface area contributed by atoms with Crippen molar-refractivity contribution < 1.29 is 13.6 Å². The molecule has 3 heteroatoms. The Hall–Kier alpha value is -1.12. The number of halogens is 1. The maximum atomic E-state index is 12.3. The van der Waals surface area contributed by atoms with E-state index in [0.29, 0.717) is 5.56 Å². The molecule has 0 fully saturated rings. The molecule has 0 saturated carbocycles. The Kier molecular flexibility index (Phi) is 2.20. The second-order valence-electron chi connectivity index (χ2n) is 1.99. The van der Waals surface area contributed by atoms with Crippen molar-refractivity contribution in [2.75, 3.05) is 0 Å². The molecule has 1 unspecified atom stereocenters. The third-order valence-corrected chi connectivity index (χ3v) is 1.16. The summed E-state index contributed by atoms with van der Waals surface area (Å²) in [5.41, 5.74) is 0.708. The standard InChI is InChI=1S/C7H7FO2/c8-7(4-9)3-6-1-2-10-5-6/h1-2,4-5,7H,3H2. The predicted molar refractivity (Wildman–Crippen MR) is 33.4 cm³/mol. The van der Waals surface area contributed by atoms with Gasteiger partial charge in [-0.2, -0.15) is 0 Å². The highest BCUT2D eigenvalue weighted by molar-refractivity contribution is 5.56. The minimum absolute atomic E-state index is 0.111. The number of furan rings is 1. The van der Waals surface area contributed by atoms with E-state index in [-0.39, 0.29) is 12.7 Å². The van der Waals surface area contributed by atoms with Crippen LogP contribution in [-0.2, 0) is 11.2 Å². The second-order valence-corrected chi connectivity index (χ2v) is 1.99. The van der Waals surface area contributed by atoms with Crippen LogP contribution < -0.4 is 0 Å². The largest absolute Gasteiger partial charge is 0.472 e. The molecule has 10 heavy (non-hydrogen) atoms. The van der Waals surface area contributed by atoms with E-state index in [1.807, 2.05) is 0 Å². The highest BCUT2D eigenvalue weighted by Gasteiger charge is 2.05. The van der Waals surface area contributed by atoms with Gasteiger partial charge in [-0.15, -0.1) is 0 Å². The van der Waals surface area contributed by atoms with Crippen LogP contribution in [0.3, 0.4) is 0 Å². The molecule has 1 atom stereocenters. The summed E-state index contributed by atoms with van der Waals surface area (Å²) < 4.78 is 17.0. The van der Waals surface area contributed by atoms with Crippen molar-refractivity contribution >= 4 is 6.29 Å². The summed E-state index contributed by atoms with van der Waals surface area (Å²) in [6, 6.07) is 1.64. The maximum absolute atomic E-state index is 12.3. The topological polar surface area (TPSA) is 30.2 Å². The highest BCUT2D eigenvalue weighted by Crippen LogP contribution is 2.04. The van der Waals surface area contributed by atoms with Gasteiger partial charge in [0.05, 0.1) is 12.5 Å². The Morgan fingerprint density at radius 3 is 3.10 bits per heavy atom. The molecular weight excluding hydrogens is 135 g/mol. The maximum Gasteiger partial charge on any atom is 0.159 e. The van der Waals surface area contributed by atoms with Gasteiger partial charge in [-0.3, -0.25) is 0 Å². The van der Waals surface area contributed by atoms with Gasteiger partial charge in [-0.25, -0.2) is 4.39 Å². The third kappa shape index (κ3) is 1.69. The quantitative estimate of drug-likeness (QED) is 0.596. The number of carbonyl (C=O) groups excluding carboxylic acids is 1. The van der Waals surface area contributed by atoms with Crippen molar-refractivity contribution in [2.24, 2.45) is 0 Å². The molecule has 0 aliphatic heterocycles. The number of hydrogen-bond acceptors (Lipinski definition) is 2. The minimum Gasteiger partial charge on any atom is -0.472 e. The monoisotopic (exact) mass is 142 g/mol. The zero-order valence-electron chi connectivity index (χ0n) is 5.29. The summed E-state index contributed by atoms with van der Waals surface area (Å²) in [4.78, 5) is 9.83. The molecule has 0 amide bonds. The molecule has 1 rings (SSSR count). The first-order chi connectivity index (χ1) is 4.83. The molecule has 1 heterocycles. The average molecular weight is 142 g/mol. The van der Waals surface area contributed by atoms with Gasteiger partial charge in [-0.05, 0) is 11.6 Å². The van der Waals surface area contributed by atoms with Crippen molar-refractivity contribution in [2.45, 2.75) is 12.6 Å². The van der Waals surface area contributed by atoms with Crippen LogP contribution in [0.4, 0.5) is 4.39 Å². The van der Waals surface area contributed by atoms with Gasteiger partial charge in [0.15, 0.2) is 12.5 Å². The molecule has 54 valence electrons. The Morgan fingerprint density at radius 2 is 2.60 bits per heavy atom. The summed E-state index contributed by atoms with van der Waals surface area (Å²) in [5.74, 6) is 0. The van der Waals surface area contributed by atoms with E-state index < -0.39 is 6.17 Å². The van der Waals surface area contributed by atoms with E-state index in [4.69, 9.17) is 0 Å². The van der Waals surface area contributed by atoms with Crippen LogP contribution in [0.2, 0.25) is 0 Å². The second kappa shape index (κ2) is 3.15. The van der Waals surface area contributed by atoms with Crippen LogP contribution in [0.25, 0.3) is 0 Å². The van der Waals surface area contributed by atoms with Crippen LogP contribution in [0, 0.1) is 0 Å². The minimum atomic E-state index is -1.40. The third-order valence-electron chi connectivity index (χ3n) is 1.16. The van der Waals surface area contributed by atoms with Gasteiger partial charge in [0.25, 0.3) is 0 Å². The molecule has 1 aromatic rings. The molecular formula is C7H7FO2. The predicted octanol–water partition coefficient (Wildman–Crippen LogP) is 1.36. The van der Waals surface area contributed by atoms with Crippen molar-refractivity contribution in [3.05, 3.63) is 24.2 Å². The van der Waals surface area contributed by atoms with Crippen molar-refractivity contribution in [3.63, 3.8) is 0 Å². The van der Waals surface area contributed by atoms with Gasteiger partial charge in [-0.1, -0.05) is 0 Å². The lowest BCUT2D eigenvalue weighted by atomic mass is 10.2. The molecule has 0 N–H and O–H groups in total. The Bertz CT molecular complexity index is 193. The molecule has 0 radical (unpaired) electrons. The molecule has 0 aliphatic carbocycles. The van der Waals surface area contributed by atoms with Crippen molar-refractivity contribution in [3.8, 4) is 0 Å². The molecule has 0 aliphatic rings. The number of carbonyl (C=O) groups is 1. The summed E-state index contributed by atoms with van der Waals surface area (Å²) in [5, 5.41) is 0. The Labute approximate surface area is 57.6 Å². The summed E-state index contributed by atoms with van der Waals surface area (Å²) >= 11 is 0. The van der Waals surface area contributed by atoms with Crippen molar-refractivity contribution in [1.82, 2.24) is 0 Å². The zero-order chi connectivity index (χ0) is 7.40. The lowest BCUT2D eigenvalue weighted by Gasteiger charge is -1.93. The number of rotatable bonds is 3. The molecule has 0 spiro atoms. The molecule has 1 aromatic heterocycles. The summed E-state index contributed by atoms with van der Waals surface area (Å²) in [7, 11) is 0. The number of aldehydes is 1. The molecule has 0 saturated heterocycles. The first-order valence-electron chi connectivity index (χ1n) is 2.93. The van der Waals surface area contributed by atoms with Crippen molar-refractivity contribution in [1.29, 1.82) is 0 Å². The van der Waals surface area contributed by atoms with Gasteiger partial charge >= 0.3 is 0 Å². The first kappa shape index (κ1) is 6.99. The zero-order valence-corrected chi connectivity index (χ0v) is 5.29. The molecule has 2 nitrogen and oxygen atoms in total. The number of hydrogen-bond donors (Lipinski definition) is 0. The van der Waals surface area contributed by atoms with Gasteiger partial charge in [0.2, 0.25) is 0 Å². The normalized spacial score (nSPS) is 12.9. The van der Waals surface area contributed by atoms with Crippen LogP contribution in [-0.4, -0.2) is 12.5 Å². The SMILES string of the molecule is O=CC(F)Cc1ccoc1. The summed E-state index contributed by atoms with van der Waals surface area (Å²) in [6.45, 7) is 0. The lowest BCUT2D eigenvalue weighted by Crippen LogP contribution is -2.04.